The third-order valence-electron chi connectivity index (χ3n) is 4.35. The topological polar surface area (TPSA) is 72.2 Å². The molecule has 2 heterocycles. The van der Waals surface area contributed by atoms with Crippen LogP contribution in [0.3, 0.4) is 0 Å². The largest absolute Gasteiger partial charge is 0.481 e. The van der Waals surface area contributed by atoms with Gasteiger partial charge in [-0.2, -0.15) is 0 Å². The molecular weight excluding hydrogens is 300 g/mol. The van der Waals surface area contributed by atoms with Gasteiger partial charge in [0.15, 0.2) is 0 Å². The van der Waals surface area contributed by atoms with Crippen LogP contribution in [0.5, 0.6) is 0 Å². The fourth-order valence-corrected chi connectivity index (χ4v) is 4.29. The van der Waals surface area contributed by atoms with Crippen molar-refractivity contribution in [2.24, 2.45) is 5.41 Å². The Bertz CT molecular complexity index is 817. The summed E-state index contributed by atoms with van der Waals surface area (Å²) in [6.07, 6.45) is 3.66. The highest BCUT2D eigenvalue weighted by Crippen LogP contribution is 2.35. The van der Waals surface area contributed by atoms with Gasteiger partial charge in [-0.05, 0) is 38.7 Å². The number of hydrogen-bond donors (Lipinski definition) is 1. The van der Waals surface area contributed by atoms with Crippen molar-refractivity contribution >= 4 is 27.5 Å². The van der Waals surface area contributed by atoms with E-state index in [4.69, 9.17) is 0 Å². The maximum Gasteiger partial charge on any atom is 0.310 e. The number of fused-ring (bicyclic) bond motifs is 3. The molecular formula is C16H20N2O3S. The van der Waals surface area contributed by atoms with Gasteiger partial charge in [-0.25, -0.2) is 4.98 Å². The van der Waals surface area contributed by atoms with Crippen LogP contribution in [0.4, 0.5) is 0 Å². The first kappa shape index (κ1) is 15.2. The minimum Gasteiger partial charge on any atom is -0.481 e. The van der Waals surface area contributed by atoms with Crippen LogP contribution in [0.25, 0.3) is 10.2 Å². The second-order valence-electron chi connectivity index (χ2n) is 6.50. The fraction of sp³-hybridized carbons (Fsp3) is 0.562. The third-order valence-corrected chi connectivity index (χ3v) is 5.54. The zero-order valence-electron chi connectivity index (χ0n) is 13.1. The zero-order valence-corrected chi connectivity index (χ0v) is 13.9. The molecule has 118 valence electrons. The second-order valence-corrected chi connectivity index (χ2v) is 7.58. The smallest absolute Gasteiger partial charge is 0.310 e. The van der Waals surface area contributed by atoms with Gasteiger partial charge >= 0.3 is 5.97 Å². The Hall–Kier alpha value is -1.69. The van der Waals surface area contributed by atoms with Gasteiger partial charge in [-0.1, -0.05) is 6.92 Å². The van der Waals surface area contributed by atoms with Crippen molar-refractivity contribution in [1.29, 1.82) is 0 Å². The van der Waals surface area contributed by atoms with Crippen LogP contribution in [-0.2, 0) is 30.6 Å². The number of thiophene rings is 1. The molecule has 0 saturated carbocycles. The maximum absolute atomic E-state index is 13.0. The Kier molecular flexibility index (Phi) is 3.59. The lowest BCUT2D eigenvalue weighted by molar-refractivity contribution is -0.147. The Labute approximate surface area is 132 Å². The van der Waals surface area contributed by atoms with Crippen LogP contribution in [0.15, 0.2) is 4.79 Å². The minimum atomic E-state index is -0.998. The van der Waals surface area contributed by atoms with Crippen molar-refractivity contribution in [3.8, 4) is 0 Å². The lowest BCUT2D eigenvalue weighted by Crippen LogP contribution is -2.36. The molecule has 1 aliphatic carbocycles. The van der Waals surface area contributed by atoms with Gasteiger partial charge in [0.1, 0.15) is 10.7 Å². The van der Waals surface area contributed by atoms with Crippen LogP contribution in [0.1, 0.15) is 43.5 Å². The predicted molar refractivity (Wildman–Crippen MR) is 86.7 cm³/mol. The molecule has 0 bridgehead atoms. The Morgan fingerprint density at radius 2 is 2.14 bits per heavy atom. The summed E-state index contributed by atoms with van der Waals surface area (Å²) < 4.78 is 1.57. The van der Waals surface area contributed by atoms with E-state index in [9.17, 15) is 14.7 Å². The molecule has 2 aromatic heterocycles. The van der Waals surface area contributed by atoms with Crippen LogP contribution >= 0.6 is 11.3 Å². The van der Waals surface area contributed by atoms with Crippen molar-refractivity contribution in [1.82, 2.24) is 9.55 Å². The standard InChI is InChI=1S/C16H20N2O3S/c1-4-11-17-13-12(9-6-5-7-10(9)22-13)14(19)18(11)8-16(2,3)15(20)21/h4-8H2,1-3H3,(H,20,21). The van der Waals surface area contributed by atoms with Gasteiger partial charge in [0.25, 0.3) is 5.56 Å². The summed E-state index contributed by atoms with van der Waals surface area (Å²) in [7, 11) is 0. The first-order valence-electron chi connectivity index (χ1n) is 7.62. The lowest BCUT2D eigenvalue weighted by atomic mass is 9.93. The number of rotatable bonds is 4. The van der Waals surface area contributed by atoms with E-state index < -0.39 is 11.4 Å². The quantitative estimate of drug-likeness (QED) is 0.940. The molecule has 0 amide bonds. The number of carboxylic acids is 1. The Morgan fingerprint density at radius 1 is 1.41 bits per heavy atom. The molecule has 0 atom stereocenters. The summed E-state index contributed by atoms with van der Waals surface area (Å²) >= 11 is 1.62. The molecule has 0 spiro atoms. The van der Waals surface area contributed by atoms with E-state index >= 15 is 0 Å². The molecule has 0 radical (unpaired) electrons. The average Bonchev–Trinajstić information content (AvgIpc) is 3.01. The van der Waals surface area contributed by atoms with Gasteiger partial charge in [-0.3, -0.25) is 14.2 Å². The summed E-state index contributed by atoms with van der Waals surface area (Å²) in [4.78, 5) is 31.1. The number of hydrogen-bond acceptors (Lipinski definition) is 4. The first-order valence-corrected chi connectivity index (χ1v) is 8.44. The van der Waals surface area contributed by atoms with Gasteiger partial charge in [0.2, 0.25) is 0 Å². The third kappa shape index (κ3) is 2.26. The summed E-state index contributed by atoms with van der Waals surface area (Å²) in [5.74, 6) is -0.233. The van der Waals surface area contributed by atoms with Crippen LogP contribution in [0.2, 0.25) is 0 Å². The van der Waals surface area contributed by atoms with Crippen LogP contribution in [-0.4, -0.2) is 20.6 Å². The number of aromatic nitrogens is 2. The summed E-state index contributed by atoms with van der Waals surface area (Å²) in [5.41, 5.74) is 0.0695. The summed E-state index contributed by atoms with van der Waals surface area (Å²) in [6.45, 7) is 5.38. The molecule has 3 rings (SSSR count). The molecule has 5 nitrogen and oxygen atoms in total. The number of aliphatic carboxylic acids is 1. The molecule has 0 aliphatic heterocycles. The van der Waals surface area contributed by atoms with Crippen LogP contribution < -0.4 is 5.56 Å². The minimum absolute atomic E-state index is 0.0735. The molecule has 1 N–H and O–H groups in total. The predicted octanol–water partition coefficient (Wildman–Crippen LogP) is 2.62. The lowest BCUT2D eigenvalue weighted by Gasteiger charge is -2.22. The number of carboxylic acid groups (broad SMARTS) is 1. The molecule has 0 aromatic carbocycles. The highest BCUT2D eigenvalue weighted by Gasteiger charge is 2.30. The van der Waals surface area contributed by atoms with Gasteiger partial charge in [0.05, 0.1) is 10.8 Å². The number of aryl methyl sites for hydroxylation is 3. The van der Waals surface area contributed by atoms with E-state index in [0.717, 1.165) is 35.0 Å². The van der Waals surface area contributed by atoms with E-state index in [1.165, 1.54) is 4.88 Å². The molecule has 0 fully saturated rings. The molecule has 2 aromatic rings. The first-order chi connectivity index (χ1) is 10.3. The van der Waals surface area contributed by atoms with E-state index in [-0.39, 0.29) is 12.1 Å². The fourth-order valence-electron chi connectivity index (χ4n) is 3.01. The normalized spacial score (nSPS) is 14.5. The molecule has 0 saturated heterocycles. The average molecular weight is 320 g/mol. The molecule has 0 unspecified atom stereocenters. The summed E-state index contributed by atoms with van der Waals surface area (Å²) in [6, 6.07) is 0. The summed E-state index contributed by atoms with van der Waals surface area (Å²) in [5, 5.41) is 10.1. The van der Waals surface area contributed by atoms with E-state index in [0.29, 0.717) is 12.2 Å². The van der Waals surface area contributed by atoms with Crippen molar-refractivity contribution in [3.63, 3.8) is 0 Å². The molecule has 22 heavy (non-hydrogen) atoms. The Morgan fingerprint density at radius 3 is 2.77 bits per heavy atom. The van der Waals surface area contributed by atoms with Gasteiger partial charge in [0, 0.05) is 17.8 Å². The monoisotopic (exact) mass is 320 g/mol. The maximum atomic E-state index is 13.0. The van der Waals surface area contributed by atoms with Crippen molar-refractivity contribution in [3.05, 3.63) is 26.6 Å². The SMILES string of the molecule is CCc1nc2sc3c(c2c(=O)n1CC(C)(C)C(=O)O)CCC3. The van der Waals surface area contributed by atoms with Gasteiger partial charge in [-0.15, -0.1) is 11.3 Å². The highest BCUT2D eigenvalue weighted by atomic mass is 32.1. The van der Waals surface area contributed by atoms with E-state index in [1.807, 2.05) is 6.92 Å². The second kappa shape index (κ2) is 5.19. The molecule has 6 heteroatoms. The van der Waals surface area contributed by atoms with Crippen LogP contribution in [0, 0.1) is 5.41 Å². The highest BCUT2D eigenvalue weighted by molar-refractivity contribution is 7.18. The van der Waals surface area contributed by atoms with Crippen molar-refractivity contribution < 1.29 is 9.90 Å². The number of carbonyl (C=O) groups is 1. The van der Waals surface area contributed by atoms with Crippen molar-refractivity contribution in [2.45, 2.75) is 53.0 Å². The zero-order chi connectivity index (χ0) is 16.1. The van der Waals surface area contributed by atoms with Gasteiger partial charge < -0.3 is 5.11 Å². The van der Waals surface area contributed by atoms with E-state index in [2.05, 4.69) is 4.98 Å². The number of nitrogens with zero attached hydrogens (tertiary/aromatic N) is 2. The van der Waals surface area contributed by atoms with Crippen molar-refractivity contribution in [2.75, 3.05) is 0 Å². The Balaban J connectivity index is 2.22. The molecule has 1 aliphatic rings. The van der Waals surface area contributed by atoms with E-state index in [1.54, 1.807) is 29.8 Å².